The van der Waals surface area contributed by atoms with Gasteiger partial charge in [0.25, 0.3) is 0 Å². The normalized spacial score (nSPS) is 17.2. The van der Waals surface area contributed by atoms with E-state index in [0.29, 0.717) is 24.3 Å². The molecule has 0 amide bonds. The van der Waals surface area contributed by atoms with E-state index < -0.39 is 0 Å². The smallest absolute Gasteiger partial charge is 0.143 e. The Morgan fingerprint density at radius 1 is 1.26 bits per heavy atom. The minimum Gasteiger partial charge on any atom is -0.508 e. The Labute approximate surface area is 110 Å². The molecule has 1 unspecified atom stereocenters. The van der Waals surface area contributed by atoms with E-state index >= 15 is 0 Å². The van der Waals surface area contributed by atoms with Gasteiger partial charge < -0.3 is 15.2 Å². The number of anilines is 1. The Morgan fingerprint density at radius 2 is 2.11 bits per heavy atom. The first-order valence-corrected chi connectivity index (χ1v) is 6.19. The molecular formula is C15H14FNO2. The number of phenolic OH excluding ortho intramolecular Hbond substituents is 1. The van der Waals surface area contributed by atoms with Crippen LogP contribution in [0, 0.1) is 5.82 Å². The highest BCUT2D eigenvalue weighted by molar-refractivity contribution is 5.60. The van der Waals surface area contributed by atoms with Crippen molar-refractivity contribution in [1.82, 2.24) is 0 Å². The molecule has 19 heavy (non-hydrogen) atoms. The van der Waals surface area contributed by atoms with Gasteiger partial charge in [-0.3, -0.25) is 0 Å². The molecule has 98 valence electrons. The number of hydrogen-bond acceptors (Lipinski definition) is 3. The monoisotopic (exact) mass is 259 g/mol. The average molecular weight is 259 g/mol. The fraction of sp³-hybridized carbons (Fsp3) is 0.200. The van der Waals surface area contributed by atoms with Crippen LogP contribution in [0.25, 0.3) is 0 Å². The van der Waals surface area contributed by atoms with E-state index in [1.165, 1.54) is 6.07 Å². The van der Waals surface area contributed by atoms with Crippen molar-refractivity contribution in [3.8, 4) is 11.5 Å². The molecule has 0 aliphatic carbocycles. The molecule has 0 radical (unpaired) electrons. The number of halogens is 1. The Morgan fingerprint density at radius 3 is 2.95 bits per heavy atom. The maximum Gasteiger partial charge on any atom is 0.143 e. The highest BCUT2D eigenvalue weighted by atomic mass is 19.1. The average Bonchev–Trinajstić information content (AvgIpc) is 2.41. The molecule has 1 atom stereocenters. The zero-order valence-corrected chi connectivity index (χ0v) is 10.3. The summed E-state index contributed by atoms with van der Waals surface area (Å²) in [5.74, 6) is 0.676. The Bertz CT molecular complexity index is 600. The van der Waals surface area contributed by atoms with Gasteiger partial charge in [0.1, 0.15) is 23.4 Å². The van der Waals surface area contributed by atoms with Gasteiger partial charge in [-0.25, -0.2) is 4.39 Å². The topological polar surface area (TPSA) is 41.5 Å². The first-order valence-electron chi connectivity index (χ1n) is 6.19. The zero-order chi connectivity index (χ0) is 13.2. The number of nitrogens with one attached hydrogen (secondary N) is 1. The first-order chi connectivity index (χ1) is 9.22. The van der Waals surface area contributed by atoms with Crippen LogP contribution < -0.4 is 10.1 Å². The van der Waals surface area contributed by atoms with Crippen molar-refractivity contribution in [1.29, 1.82) is 0 Å². The van der Waals surface area contributed by atoms with Crippen molar-refractivity contribution >= 4 is 5.69 Å². The summed E-state index contributed by atoms with van der Waals surface area (Å²) in [6.07, 6.45) is 0.397. The van der Waals surface area contributed by atoms with E-state index in [0.717, 1.165) is 5.69 Å². The van der Waals surface area contributed by atoms with Gasteiger partial charge in [0.15, 0.2) is 0 Å². The summed E-state index contributed by atoms with van der Waals surface area (Å²) in [7, 11) is 0. The molecule has 2 N–H and O–H groups in total. The summed E-state index contributed by atoms with van der Waals surface area (Å²) in [5, 5.41) is 12.6. The number of aromatic hydroxyl groups is 1. The summed E-state index contributed by atoms with van der Waals surface area (Å²) in [5.41, 5.74) is 1.42. The van der Waals surface area contributed by atoms with Crippen molar-refractivity contribution in [2.75, 3.05) is 11.9 Å². The maximum absolute atomic E-state index is 13.6. The zero-order valence-electron chi connectivity index (χ0n) is 10.3. The lowest BCUT2D eigenvalue weighted by molar-refractivity contribution is 0.204. The second kappa shape index (κ2) is 4.80. The van der Waals surface area contributed by atoms with Crippen molar-refractivity contribution in [2.24, 2.45) is 0 Å². The maximum atomic E-state index is 13.6. The van der Waals surface area contributed by atoms with Crippen molar-refractivity contribution in [2.45, 2.75) is 12.5 Å². The van der Waals surface area contributed by atoms with E-state index in [9.17, 15) is 9.50 Å². The van der Waals surface area contributed by atoms with Gasteiger partial charge in [0.2, 0.25) is 0 Å². The van der Waals surface area contributed by atoms with E-state index in [1.807, 2.05) is 6.07 Å². The molecule has 4 heteroatoms. The fourth-order valence-corrected chi connectivity index (χ4v) is 2.23. The van der Waals surface area contributed by atoms with Gasteiger partial charge in [-0.1, -0.05) is 18.2 Å². The quantitative estimate of drug-likeness (QED) is 0.871. The predicted molar refractivity (Wildman–Crippen MR) is 71.1 cm³/mol. The molecule has 0 bridgehead atoms. The highest BCUT2D eigenvalue weighted by Gasteiger charge is 2.20. The molecule has 0 fully saturated rings. The van der Waals surface area contributed by atoms with E-state index in [-0.39, 0.29) is 17.7 Å². The van der Waals surface area contributed by atoms with E-state index in [1.54, 1.807) is 30.3 Å². The van der Waals surface area contributed by atoms with E-state index in [2.05, 4.69) is 5.32 Å². The first kappa shape index (κ1) is 11.8. The van der Waals surface area contributed by atoms with Crippen molar-refractivity contribution in [3.05, 3.63) is 53.8 Å². The van der Waals surface area contributed by atoms with Crippen molar-refractivity contribution in [3.63, 3.8) is 0 Å². The second-order valence-electron chi connectivity index (χ2n) is 4.60. The summed E-state index contributed by atoms with van der Waals surface area (Å²) in [4.78, 5) is 0. The molecular weight excluding hydrogens is 245 g/mol. The highest BCUT2D eigenvalue weighted by Crippen LogP contribution is 2.32. The fourth-order valence-electron chi connectivity index (χ4n) is 2.23. The predicted octanol–water partition coefficient (Wildman–Crippen LogP) is 2.95. The molecule has 0 aromatic heterocycles. The molecule has 1 aliphatic rings. The van der Waals surface area contributed by atoms with Crippen LogP contribution in [0.2, 0.25) is 0 Å². The summed E-state index contributed by atoms with van der Waals surface area (Å²) in [6, 6.07) is 11.6. The minimum absolute atomic E-state index is 0.117. The number of benzene rings is 2. The van der Waals surface area contributed by atoms with E-state index in [4.69, 9.17) is 4.74 Å². The van der Waals surface area contributed by atoms with Gasteiger partial charge in [-0.05, 0) is 23.8 Å². The third-order valence-corrected chi connectivity index (χ3v) is 3.18. The van der Waals surface area contributed by atoms with Gasteiger partial charge in [0, 0.05) is 12.5 Å². The molecule has 0 saturated carbocycles. The molecule has 3 rings (SSSR count). The lowest BCUT2D eigenvalue weighted by Crippen LogP contribution is -2.32. The molecule has 0 saturated heterocycles. The Balaban J connectivity index is 1.76. The molecule has 3 nitrogen and oxygen atoms in total. The Hall–Kier alpha value is -2.23. The second-order valence-corrected chi connectivity index (χ2v) is 4.60. The Kier molecular flexibility index (Phi) is 2.99. The molecule has 2 aromatic carbocycles. The molecule has 1 aliphatic heterocycles. The standard InChI is InChI=1S/C15H14FNO2/c16-13-4-2-1-3-10(13)7-12-9-17-14-8-11(18)5-6-15(14)19-12/h1-6,8,12,17-18H,7,9H2. The van der Waals surface area contributed by atoms with Gasteiger partial charge in [-0.2, -0.15) is 0 Å². The van der Waals surface area contributed by atoms with Crippen LogP contribution in [0.4, 0.5) is 10.1 Å². The van der Waals surface area contributed by atoms with Crippen LogP contribution in [0.3, 0.4) is 0 Å². The summed E-state index contributed by atoms with van der Waals surface area (Å²) >= 11 is 0. The van der Waals surface area contributed by atoms with Crippen LogP contribution in [-0.4, -0.2) is 17.8 Å². The van der Waals surface area contributed by atoms with Crippen LogP contribution in [-0.2, 0) is 6.42 Å². The summed E-state index contributed by atoms with van der Waals surface area (Å²) in [6.45, 7) is 0.588. The SMILES string of the molecule is Oc1ccc2c(c1)NCC(Cc1ccccc1F)O2. The summed E-state index contributed by atoms with van der Waals surface area (Å²) < 4.78 is 19.4. The minimum atomic E-state index is -0.206. The van der Waals surface area contributed by atoms with Crippen molar-refractivity contribution < 1.29 is 14.2 Å². The third kappa shape index (κ3) is 2.47. The van der Waals surface area contributed by atoms with Gasteiger partial charge >= 0.3 is 0 Å². The number of phenols is 1. The van der Waals surface area contributed by atoms with Gasteiger partial charge in [0.05, 0.1) is 12.2 Å². The molecule has 1 heterocycles. The third-order valence-electron chi connectivity index (χ3n) is 3.18. The number of rotatable bonds is 2. The molecule has 2 aromatic rings. The number of fused-ring (bicyclic) bond motifs is 1. The largest absolute Gasteiger partial charge is 0.508 e. The van der Waals surface area contributed by atoms with Crippen LogP contribution >= 0.6 is 0 Å². The molecule has 0 spiro atoms. The van der Waals surface area contributed by atoms with Gasteiger partial charge in [-0.15, -0.1) is 0 Å². The lowest BCUT2D eigenvalue weighted by Gasteiger charge is -2.27. The lowest BCUT2D eigenvalue weighted by atomic mass is 10.1. The van der Waals surface area contributed by atoms with Crippen LogP contribution in [0.1, 0.15) is 5.56 Å². The number of hydrogen-bond donors (Lipinski definition) is 2. The van der Waals surface area contributed by atoms with Crippen LogP contribution in [0.5, 0.6) is 11.5 Å². The number of ether oxygens (including phenoxy) is 1. The van der Waals surface area contributed by atoms with Crippen LogP contribution in [0.15, 0.2) is 42.5 Å².